The number of aryl methyl sites for hydroxylation is 2. The van der Waals surface area contributed by atoms with Crippen LogP contribution in [0, 0.1) is 13.8 Å². The largest absolute Gasteiger partial charge is 0.503 e. The van der Waals surface area contributed by atoms with E-state index in [-0.39, 0.29) is 10.7 Å². The molecule has 0 radical (unpaired) electrons. The molecular formula is C28H24Cl2N4O3S3. The number of halogens is 2. The maximum Gasteiger partial charge on any atom is 0.296 e. The van der Waals surface area contributed by atoms with E-state index < -0.39 is 23.5 Å². The number of thioether (sulfide) groups is 1. The number of amides is 1. The Labute approximate surface area is 253 Å². The van der Waals surface area contributed by atoms with Crippen LogP contribution in [0.4, 0.5) is 5.13 Å². The van der Waals surface area contributed by atoms with Crippen molar-refractivity contribution >= 4 is 74.5 Å². The number of thiazole rings is 1. The number of ketones is 1. The minimum Gasteiger partial charge on any atom is -0.503 e. The average Bonchev–Trinajstić information content (AvgIpc) is 3.59. The van der Waals surface area contributed by atoms with Crippen molar-refractivity contribution in [2.45, 2.75) is 49.7 Å². The third kappa shape index (κ3) is 5.56. The molecule has 1 amide bonds. The van der Waals surface area contributed by atoms with Gasteiger partial charge in [-0.2, -0.15) is 0 Å². The minimum absolute atomic E-state index is 0.00592. The second-order valence-corrected chi connectivity index (χ2v) is 13.7. The van der Waals surface area contributed by atoms with Crippen LogP contribution in [0.2, 0.25) is 10.0 Å². The van der Waals surface area contributed by atoms with Crippen LogP contribution in [0.1, 0.15) is 62.9 Å². The molecule has 40 heavy (non-hydrogen) atoms. The number of hydrogen-bond donors (Lipinski definition) is 1. The highest BCUT2D eigenvalue weighted by molar-refractivity contribution is 8.00. The third-order valence-electron chi connectivity index (χ3n) is 6.45. The number of carbonyl (C=O) groups excluding carboxylic acids is 2. The van der Waals surface area contributed by atoms with Crippen molar-refractivity contribution in [1.29, 1.82) is 0 Å². The van der Waals surface area contributed by atoms with Gasteiger partial charge < -0.3 is 5.11 Å². The van der Waals surface area contributed by atoms with Gasteiger partial charge in [-0.25, -0.2) is 4.98 Å². The third-order valence-corrected chi connectivity index (χ3v) is 10.2. The Morgan fingerprint density at radius 3 is 2.45 bits per heavy atom. The highest BCUT2D eigenvalue weighted by atomic mass is 35.5. The van der Waals surface area contributed by atoms with E-state index in [1.54, 1.807) is 19.1 Å². The van der Waals surface area contributed by atoms with E-state index in [9.17, 15) is 14.7 Å². The van der Waals surface area contributed by atoms with Crippen molar-refractivity contribution in [3.63, 3.8) is 0 Å². The molecule has 1 aliphatic rings. The van der Waals surface area contributed by atoms with E-state index in [0.717, 1.165) is 16.1 Å². The predicted molar refractivity (Wildman–Crippen MR) is 162 cm³/mol. The molecule has 2 aromatic carbocycles. The maximum absolute atomic E-state index is 13.8. The van der Waals surface area contributed by atoms with Gasteiger partial charge in [0, 0.05) is 15.8 Å². The Kier molecular flexibility index (Phi) is 8.35. The molecule has 0 saturated carbocycles. The molecule has 206 valence electrons. The molecule has 2 aromatic heterocycles. The summed E-state index contributed by atoms with van der Waals surface area (Å²) in [5.41, 5.74) is 3.25. The molecule has 1 aliphatic heterocycles. The second kappa shape index (κ2) is 11.6. The van der Waals surface area contributed by atoms with Gasteiger partial charge in [-0.15, -0.1) is 21.5 Å². The van der Waals surface area contributed by atoms with E-state index in [2.05, 4.69) is 29.0 Å². The molecule has 0 saturated heterocycles. The van der Waals surface area contributed by atoms with E-state index in [1.165, 1.54) is 39.3 Å². The van der Waals surface area contributed by atoms with Gasteiger partial charge in [0.2, 0.25) is 10.9 Å². The van der Waals surface area contributed by atoms with E-state index in [0.29, 0.717) is 42.2 Å². The van der Waals surface area contributed by atoms with E-state index in [4.69, 9.17) is 23.2 Å². The number of aliphatic hydroxyl groups excluding tert-OH is 1. The van der Waals surface area contributed by atoms with Crippen LogP contribution in [0.15, 0.2) is 58.1 Å². The summed E-state index contributed by atoms with van der Waals surface area (Å²) >= 11 is 16.2. The molecule has 0 bridgehead atoms. The smallest absolute Gasteiger partial charge is 0.296 e. The molecule has 0 aliphatic carbocycles. The molecule has 0 fully saturated rings. The average molecular weight is 632 g/mol. The first-order valence-electron chi connectivity index (χ1n) is 12.3. The minimum atomic E-state index is -0.875. The van der Waals surface area contributed by atoms with Crippen LogP contribution < -0.4 is 4.90 Å². The van der Waals surface area contributed by atoms with Gasteiger partial charge in [0.15, 0.2) is 10.1 Å². The maximum atomic E-state index is 13.8. The van der Waals surface area contributed by atoms with Gasteiger partial charge in [-0.3, -0.25) is 14.5 Å². The summed E-state index contributed by atoms with van der Waals surface area (Å²) < 4.78 is 0.607. The molecule has 5 rings (SSSR count). The summed E-state index contributed by atoms with van der Waals surface area (Å²) in [6.07, 6.45) is 0. The van der Waals surface area contributed by atoms with Crippen LogP contribution in [-0.2, 0) is 10.5 Å². The molecule has 1 N–H and O–H groups in total. The quantitative estimate of drug-likeness (QED) is 0.119. The summed E-state index contributed by atoms with van der Waals surface area (Å²) in [5, 5.41) is 21.7. The number of aromatic nitrogens is 3. The molecule has 3 heterocycles. The van der Waals surface area contributed by atoms with E-state index in [1.807, 2.05) is 37.3 Å². The topological polar surface area (TPSA) is 96.3 Å². The molecule has 4 aromatic rings. The first kappa shape index (κ1) is 28.8. The lowest BCUT2D eigenvalue weighted by Crippen LogP contribution is -2.31. The Morgan fingerprint density at radius 1 is 1.10 bits per heavy atom. The summed E-state index contributed by atoms with van der Waals surface area (Å²) in [5.74, 6) is -0.888. The number of aliphatic hydroxyl groups is 1. The van der Waals surface area contributed by atoms with Crippen molar-refractivity contribution < 1.29 is 14.7 Å². The van der Waals surface area contributed by atoms with E-state index >= 15 is 0 Å². The zero-order valence-electron chi connectivity index (χ0n) is 21.9. The van der Waals surface area contributed by atoms with Crippen molar-refractivity contribution in [2.24, 2.45) is 0 Å². The first-order chi connectivity index (χ1) is 19.0. The van der Waals surface area contributed by atoms with Crippen LogP contribution in [-0.4, -0.2) is 32.0 Å². The summed E-state index contributed by atoms with van der Waals surface area (Å²) in [7, 11) is 0. The van der Waals surface area contributed by atoms with Crippen LogP contribution in [0.3, 0.4) is 0 Å². The first-order valence-corrected chi connectivity index (χ1v) is 15.7. The fourth-order valence-electron chi connectivity index (χ4n) is 4.41. The Morgan fingerprint density at radius 2 is 1.82 bits per heavy atom. The molecule has 0 spiro atoms. The van der Waals surface area contributed by atoms with Gasteiger partial charge in [0.05, 0.1) is 27.2 Å². The Bertz CT molecular complexity index is 1650. The number of benzene rings is 2. The van der Waals surface area contributed by atoms with Crippen LogP contribution in [0.5, 0.6) is 0 Å². The summed E-state index contributed by atoms with van der Waals surface area (Å²) in [6, 6.07) is 12.1. The van der Waals surface area contributed by atoms with Gasteiger partial charge in [0.25, 0.3) is 5.91 Å². The molecule has 1 atom stereocenters. The zero-order valence-corrected chi connectivity index (χ0v) is 25.9. The fourth-order valence-corrected chi connectivity index (χ4v) is 7.71. The molecule has 1 unspecified atom stereocenters. The van der Waals surface area contributed by atoms with Gasteiger partial charge >= 0.3 is 0 Å². The predicted octanol–water partition coefficient (Wildman–Crippen LogP) is 8.12. The number of hydrogen-bond acceptors (Lipinski definition) is 9. The number of anilines is 1. The molecular weight excluding hydrogens is 607 g/mol. The highest BCUT2D eigenvalue weighted by Crippen LogP contribution is 2.45. The molecule has 7 nitrogen and oxygen atoms in total. The lowest BCUT2D eigenvalue weighted by atomic mass is 9.93. The number of carbonyl (C=O) groups is 2. The van der Waals surface area contributed by atoms with Crippen molar-refractivity contribution in [3.05, 3.63) is 96.1 Å². The lowest BCUT2D eigenvalue weighted by Gasteiger charge is -2.24. The van der Waals surface area contributed by atoms with Crippen LogP contribution >= 0.6 is 57.6 Å². The van der Waals surface area contributed by atoms with Crippen molar-refractivity contribution in [1.82, 2.24) is 15.2 Å². The lowest BCUT2D eigenvalue weighted by molar-refractivity contribution is -0.117. The second-order valence-electron chi connectivity index (χ2n) is 9.51. The normalized spacial score (nSPS) is 15.5. The Hall–Kier alpha value is -2.76. The monoisotopic (exact) mass is 630 g/mol. The fraction of sp³-hybridized carbons (Fsp3) is 0.250. The zero-order chi connectivity index (χ0) is 28.7. The number of nitrogens with zero attached hydrogens (tertiary/aromatic N) is 4. The molecule has 12 heteroatoms. The number of rotatable bonds is 8. The van der Waals surface area contributed by atoms with Crippen LogP contribution in [0.25, 0.3) is 0 Å². The van der Waals surface area contributed by atoms with Gasteiger partial charge in [-0.1, -0.05) is 90.5 Å². The number of Topliss-reactive ketones (excluding diaryl/α,β-unsaturated/α-hetero) is 1. The summed E-state index contributed by atoms with van der Waals surface area (Å²) in [6.45, 7) is 7.74. The standard InChI is InChI=1S/C28H24Cl2N4O3S3/c1-13(2)16-5-7-17(8-6-16)22-21(23(35)25-14(3)31-15(4)39-25)24(36)26(37)34(22)27-32-33-28(40-27)38-12-18-9-10-19(29)11-20(18)30/h5-11,13,22,36H,12H2,1-4H3. The van der Waals surface area contributed by atoms with Gasteiger partial charge in [-0.05, 0) is 48.6 Å². The highest BCUT2D eigenvalue weighted by Gasteiger charge is 2.46. The SMILES string of the molecule is Cc1nc(C)c(C(=O)C2=C(O)C(=O)N(c3nnc(SCc4ccc(Cl)cc4Cl)s3)C2c2ccc(C(C)C)cc2)s1. The van der Waals surface area contributed by atoms with Gasteiger partial charge in [0.1, 0.15) is 0 Å². The summed E-state index contributed by atoms with van der Waals surface area (Å²) in [4.78, 5) is 33.4. The van der Waals surface area contributed by atoms with Crippen molar-refractivity contribution in [3.8, 4) is 0 Å². The Balaban J connectivity index is 1.51. The van der Waals surface area contributed by atoms with Crippen molar-refractivity contribution in [2.75, 3.05) is 4.90 Å².